The van der Waals surface area contributed by atoms with E-state index in [0.717, 1.165) is 16.6 Å². The van der Waals surface area contributed by atoms with E-state index in [2.05, 4.69) is 21.3 Å². The maximum absolute atomic E-state index is 13.5. The van der Waals surface area contributed by atoms with Gasteiger partial charge in [-0.2, -0.15) is 5.26 Å². The molecule has 1 aliphatic rings. The average molecular weight is 418 g/mol. The molecular weight excluding hydrogens is 395 g/mol. The van der Waals surface area contributed by atoms with Gasteiger partial charge in [-0.15, -0.1) is 0 Å². The van der Waals surface area contributed by atoms with E-state index in [9.17, 15) is 14.4 Å². The first kappa shape index (κ1) is 20.6. The maximum Gasteiger partial charge on any atom is 0.227 e. The molecule has 0 spiro atoms. The number of hydrogen-bond donors (Lipinski definition) is 1. The van der Waals surface area contributed by atoms with Gasteiger partial charge < -0.3 is 15.0 Å². The number of aromatic nitrogens is 1. The number of rotatable bonds is 4. The molecule has 1 fully saturated rings. The van der Waals surface area contributed by atoms with Crippen molar-refractivity contribution < 1.29 is 13.9 Å². The fourth-order valence-corrected chi connectivity index (χ4v) is 4.04. The molecule has 2 heterocycles. The Labute approximate surface area is 180 Å². The fourth-order valence-electron chi connectivity index (χ4n) is 4.04. The second-order valence-corrected chi connectivity index (χ2v) is 7.73. The summed E-state index contributed by atoms with van der Waals surface area (Å²) in [6, 6.07) is 12.4. The minimum absolute atomic E-state index is 0.0626. The first-order valence-corrected chi connectivity index (χ1v) is 10.2. The molecule has 0 unspecified atom stereocenters. The molecule has 1 saturated heterocycles. The van der Waals surface area contributed by atoms with Gasteiger partial charge in [0.1, 0.15) is 17.6 Å². The fraction of sp³-hybridized carbons (Fsp3) is 0.292. The summed E-state index contributed by atoms with van der Waals surface area (Å²) in [4.78, 5) is 19.3. The van der Waals surface area contributed by atoms with Crippen molar-refractivity contribution in [2.24, 2.45) is 5.92 Å². The Balaban J connectivity index is 1.52. The summed E-state index contributed by atoms with van der Waals surface area (Å²) >= 11 is 0. The molecule has 6 nitrogen and oxygen atoms in total. The summed E-state index contributed by atoms with van der Waals surface area (Å²) in [5, 5.41) is 13.4. The Morgan fingerprint density at radius 3 is 2.71 bits per heavy atom. The lowest BCUT2D eigenvalue weighted by atomic mass is 9.94. The number of aryl methyl sites for hydroxylation is 1. The number of amides is 1. The van der Waals surface area contributed by atoms with Crippen LogP contribution in [-0.4, -0.2) is 31.1 Å². The highest BCUT2D eigenvalue weighted by Gasteiger charge is 2.27. The van der Waals surface area contributed by atoms with Gasteiger partial charge in [0, 0.05) is 36.3 Å². The van der Waals surface area contributed by atoms with Crippen LogP contribution in [0.5, 0.6) is 5.75 Å². The van der Waals surface area contributed by atoms with Crippen LogP contribution < -0.4 is 15.0 Å². The highest BCUT2D eigenvalue weighted by Crippen LogP contribution is 2.34. The number of nitrogens with one attached hydrogen (secondary N) is 1. The van der Waals surface area contributed by atoms with E-state index in [1.807, 2.05) is 18.2 Å². The summed E-state index contributed by atoms with van der Waals surface area (Å²) in [6.45, 7) is 2.96. The molecule has 1 aliphatic heterocycles. The predicted molar refractivity (Wildman–Crippen MR) is 118 cm³/mol. The van der Waals surface area contributed by atoms with Crippen LogP contribution in [0, 0.1) is 30.0 Å². The molecule has 0 radical (unpaired) electrons. The standard InChI is InChI=1S/C24H23FN4O2/c1-15-11-18(3-5-21(15)25)28-24(30)16-7-9-29(10-8-16)23-17(13-26)14-27-22-6-4-19(31-2)12-20(22)23/h3-6,11-12,14,16H,7-10H2,1-2H3,(H,28,30). The highest BCUT2D eigenvalue weighted by molar-refractivity contribution is 5.96. The number of anilines is 2. The van der Waals surface area contributed by atoms with Gasteiger partial charge in [0.2, 0.25) is 5.91 Å². The van der Waals surface area contributed by atoms with Crippen LogP contribution in [0.15, 0.2) is 42.6 Å². The Bertz CT molecular complexity index is 1180. The van der Waals surface area contributed by atoms with E-state index >= 15 is 0 Å². The molecule has 0 saturated carbocycles. The minimum Gasteiger partial charge on any atom is -0.497 e. The Morgan fingerprint density at radius 2 is 2.03 bits per heavy atom. The summed E-state index contributed by atoms with van der Waals surface area (Å²) in [5.41, 5.74) is 3.23. The minimum atomic E-state index is -0.291. The normalized spacial score (nSPS) is 14.3. The van der Waals surface area contributed by atoms with Crippen LogP contribution in [0.25, 0.3) is 10.9 Å². The summed E-state index contributed by atoms with van der Waals surface area (Å²) < 4.78 is 18.8. The highest BCUT2D eigenvalue weighted by atomic mass is 19.1. The van der Waals surface area contributed by atoms with E-state index in [0.29, 0.717) is 48.5 Å². The second-order valence-electron chi connectivity index (χ2n) is 7.73. The van der Waals surface area contributed by atoms with Gasteiger partial charge in [-0.05, 0) is 61.7 Å². The number of hydrogen-bond acceptors (Lipinski definition) is 5. The molecule has 1 amide bonds. The lowest BCUT2D eigenvalue weighted by molar-refractivity contribution is -0.120. The number of halogens is 1. The zero-order chi connectivity index (χ0) is 22.0. The third-order valence-corrected chi connectivity index (χ3v) is 5.77. The van der Waals surface area contributed by atoms with Gasteiger partial charge in [0.05, 0.1) is 23.9 Å². The predicted octanol–water partition coefficient (Wildman–Crippen LogP) is 4.42. The molecular formula is C24H23FN4O2. The smallest absolute Gasteiger partial charge is 0.227 e. The molecule has 0 aliphatic carbocycles. The molecule has 7 heteroatoms. The summed E-state index contributed by atoms with van der Waals surface area (Å²) in [5.74, 6) is 0.206. The third kappa shape index (κ3) is 4.15. The van der Waals surface area contributed by atoms with E-state index in [1.54, 1.807) is 32.4 Å². The topological polar surface area (TPSA) is 78.2 Å². The molecule has 3 aromatic rings. The number of ether oxygens (including phenoxy) is 1. The number of methoxy groups -OCH3 is 1. The summed E-state index contributed by atoms with van der Waals surface area (Å²) in [6.07, 6.45) is 2.91. The van der Waals surface area contributed by atoms with Crippen molar-refractivity contribution in [3.05, 3.63) is 59.5 Å². The van der Waals surface area contributed by atoms with Gasteiger partial charge in [-0.25, -0.2) is 4.39 Å². The van der Waals surface area contributed by atoms with Gasteiger partial charge in [-0.1, -0.05) is 0 Å². The molecule has 2 aromatic carbocycles. The van der Waals surface area contributed by atoms with Gasteiger partial charge >= 0.3 is 0 Å². The molecule has 158 valence electrons. The largest absolute Gasteiger partial charge is 0.497 e. The number of nitrogens with zero attached hydrogens (tertiary/aromatic N) is 3. The van der Waals surface area contributed by atoms with Crippen LogP contribution in [0.4, 0.5) is 15.8 Å². The van der Waals surface area contributed by atoms with Gasteiger partial charge in [0.15, 0.2) is 0 Å². The SMILES string of the molecule is COc1ccc2ncc(C#N)c(N3CCC(C(=O)Nc4ccc(F)c(C)c4)CC3)c2c1. The van der Waals surface area contributed by atoms with Crippen molar-refractivity contribution in [1.29, 1.82) is 5.26 Å². The maximum atomic E-state index is 13.5. The van der Waals surface area contributed by atoms with Crippen molar-refractivity contribution >= 4 is 28.2 Å². The monoisotopic (exact) mass is 418 g/mol. The van der Waals surface area contributed by atoms with E-state index in [-0.39, 0.29) is 17.6 Å². The van der Waals surface area contributed by atoms with Crippen molar-refractivity contribution in [1.82, 2.24) is 4.98 Å². The van der Waals surface area contributed by atoms with Crippen LogP contribution in [-0.2, 0) is 4.79 Å². The second kappa shape index (κ2) is 8.60. The Morgan fingerprint density at radius 1 is 1.26 bits per heavy atom. The van der Waals surface area contributed by atoms with E-state index in [1.165, 1.54) is 6.07 Å². The zero-order valence-corrected chi connectivity index (χ0v) is 17.5. The summed E-state index contributed by atoms with van der Waals surface area (Å²) in [7, 11) is 1.61. The molecule has 1 aromatic heterocycles. The van der Waals surface area contributed by atoms with Crippen molar-refractivity contribution in [2.75, 3.05) is 30.4 Å². The van der Waals surface area contributed by atoms with Crippen molar-refractivity contribution in [3.8, 4) is 11.8 Å². The lowest BCUT2D eigenvalue weighted by Gasteiger charge is -2.34. The number of benzene rings is 2. The van der Waals surface area contributed by atoms with E-state index < -0.39 is 0 Å². The van der Waals surface area contributed by atoms with E-state index in [4.69, 9.17) is 4.74 Å². The van der Waals surface area contributed by atoms with Crippen LogP contribution in [0.3, 0.4) is 0 Å². The first-order valence-electron chi connectivity index (χ1n) is 10.2. The average Bonchev–Trinajstić information content (AvgIpc) is 2.80. The van der Waals surface area contributed by atoms with Gasteiger partial charge in [-0.3, -0.25) is 9.78 Å². The van der Waals surface area contributed by atoms with Crippen molar-refractivity contribution in [3.63, 3.8) is 0 Å². The molecule has 31 heavy (non-hydrogen) atoms. The molecule has 0 atom stereocenters. The van der Waals surface area contributed by atoms with Gasteiger partial charge in [0.25, 0.3) is 0 Å². The Kier molecular flexibility index (Phi) is 5.72. The molecule has 0 bridgehead atoms. The third-order valence-electron chi connectivity index (χ3n) is 5.77. The molecule has 4 rings (SSSR count). The number of carbonyl (C=O) groups excluding carboxylic acids is 1. The van der Waals surface area contributed by atoms with Crippen LogP contribution >= 0.6 is 0 Å². The van der Waals surface area contributed by atoms with Crippen LogP contribution in [0.2, 0.25) is 0 Å². The number of carbonyl (C=O) groups is 1. The quantitative estimate of drug-likeness (QED) is 0.679. The van der Waals surface area contributed by atoms with Crippen molar-refractivity contribution in [2.45, 2.75) is 19.8 Å². The number of pyridine rings is 1. The lowest BCUT2D eigenvalue weighted by Crippen LogP contribution is -2.38. The molecule has 1 N–H and O–H groups in total. The number of fused-ring (bicyclic) bond motifs is 1. The number of piperidine rings is 1. The number of nitriles is 1. The van der Waals surface area contributed by atoms with Crippen LogP contribution in [0.1, 0.15) is 24.0 Å². The zero-order valence-electron chi connectivity index (χ0n) is 17.5. The first-order chi connectivity index (χ1) is 15.0. The Hall–Kier alpha value is -3.66.